The first-order valence-corrected chi connectivity index (χ1v) is 19.0. The van der Waals surface area contributed by atoms with E-state index in [-0.39, 0.29) is 30.2 Å². The second-order valence-corrected chi connectivity index (χ2v) is 17.7. The van der Waals surface area contributed by atoms with Crippen molar-refractivity contribution in [2.24, 2.45) is 5.92 Å². The molecule has 3 heterocycles. The summed E-state index contributed by atoms with van der Waals surface area (Å²) in [6.45, 7) is 8.32. The summed E-state index contributed by atoms with van der Waals surface area (Å²) in [6.07, 6.45) is -8.71. The van der Waals surface area contributed by atoms with Gasteiger partial charge in [0.05, 0.1) is 39.5 Å². The first kappa shape index (κ1) is 38.4. The molecule has 2 fully saturated rings. The summed E-state index contributed by atoms with van der Waals surface area (Å²) in [5.74, 6) is -2.61. The van der Waals surface area contributed by atoms with Crippen molar-refractivity contribution in [1.82, 2.24) is 19.9 Å². The van der Waals surface area contributed by atoms with Crippen LogP contribution >= 0.6 is 11.3 Å². The monoisotopic (exact) mass is 784 g/mol. The highest BCUT2D eigenvalue weighted by atomic mass is 32.2. The van der Waals surface area contributed by atoms with Crippen LogP contribution in [0, 0.1) is 12.8 Å². The van der Waals surface area contributed by atoms with E-state index in [0.717, 1.165) is 6.26 Å². The molecule has 0 radical (unpaired) electrons. The normalized spacial score (nSPS) is 21.8. The van der Waals surface area contributed by atoms with E-state index in [9.17, 15) is 49.5 Å². The number of thiazole rings is 1. The maximum atomic E-state index is 13.9. The Kier molecular flexibility index (Phi) is 8.96. The minimum absolute atomic E-state index is 0.0394. The number of amides is 1. The van der Waals surface area contributed by atoms with Gasteiger partial charge in [-0.25, -0.2) is 33.0 Å². The van der Waals surface area contributed by atoms with Crippen molar-refractivity contribution < 1.29 is 54.2 Å². The molecule has 1 amide bonds. The van der Waals surface area contributed by atoms with Crippen molar-refractivity contribution >= 4 is 33.2 Å². The number of allylic oxidation sites excluding steroid dienone is 3. The van der Waals surface area contributed by atoms with E-state index in [2.05, 4.69) is 9.97 Å². The highest BCUT2D eigenvalue weighted by Crippen LogP contribution is 2.61. The highest BCUT2D eigenvalue weighted by molar-refractivity contribution is 7.90. The molecule has 2 unspecified atom stereocenters. The van der Waals surface area contributed by atoms with E-state index in [0.29, 0.717) is 38.3 Å². The van der Waals surface area contributed by atoms with E-state index in [1.165, 1.54) is 41.5 Å². The van der Waals surface area contributed by atoms with Gasteiger partial charge < -0.3 is 9.84 Å². The Morgan fingerprint density at radius 1 is 1.08 bits per heavy atom. The zero-order valence-corrected chi connectivity index (χ0v) is 30.9. The number of cyclic esters (lactones) is 1. The second kappa shape index (κ2) is 12.4. The van der Waals surface area contributed by atoms with Gasteiger partial charge in [0.1, 0.15) is 10.6 Å². The molecule has 2 aliphatic carbocycles. The molecular weight excluding hydrogens is 751 g/mol. The highest BCUT2D eigenvalue weighted by Gasteiger charge is 2.72. The molecule has 1 N–H and O–H groups in total. The van der Waals surface area contributed by atoms with Gasteiger partial charge >= 0.3 is 24.4 Å². The molecule has 3 aromatic rings. The topological polar surface area (TPSA) is 140 Å². The lowest BCUT2D eigenvalue weighted by atomic mass is 9.73. The zero-order chi connectivity index (χ0) is 39.3. The van der Waals surface area contributed by atoms with Gasteiger partial charge in [-0.2, -0.15) is 26.3 Å². The lowest BCUT2D eigenvalue weighted by Gasteiger charge is -2.39. The Labute approximate surface area is 304 Å². The number of nitrogens with zero attached hydrogens (tertiary/aromatic N) is 4. The Morgan fingerprint density at radius 3 is 2.26 bits per heavy atom. The van der Waals surface area contributed by atoms with Gasteiger partial charge in [0.2, 0.25) is 15.0 Å². The second-order valence-electron chi connectivity index (χ2n) is 14.8. The fourth-order valence-corrected chi connectivity index (χ4v) is 8.95. The van der Waals surface area contributed by atoms with Crippen LogP contribution in [0.3, 0.4) is 0 Å². The smallest absolute Gasteiger partial charge is 0.416 e. The summed E-state index contributed by atoms with van der Waals surface area (Å²) < 4.78 is 114. The molecule has 1 spiro atoms. The van der Waals surface area contributed by atoms with Gasteiger partial charge in [-0.15, -0.1) is 11.3 Å². The molecule has 1 aliphatic heterocycles. The SMILES string of the molecule is Cc1cc(C(=O)O)ccc1-c1nc(C(C)(C)C)c(-c2cnc(S(C)(=O)=O)nc2CN2C(=O)OC(C)(C3C=C(C(F)(F)F)C=C(C(F)(F)F)C3)C23CC3)s1. The molecular formula is C35H34F6N4O6S2. The summed E-state index contributed by atoms with van der Waals surface area (Å²) in [7, 11) is -4.00. The molecule has 3 aliphatic rings. The quantitative estimate of drug-likeness (QED) is 0.186. The number of carbonyl (C=O) groups is 2. The number of carbonyl (C=O) groups excluding carboxylic acids is 1. The number of alkyl halides is 6. The van der Waals surface area contributed by atoms with Crippen LogP contribution in [0.15, 0.2) is 52.9 Å². The third-order valence-corrected chi connectivity index (χ3v) is 12.0. The fraction of sp³-hybridized carbons (Fsp3) is 0.457. The average Bonchev–Trinajstić information content (AvgIpc) is 3.67. The third-order valence-electron chi connectivity index (χ3n) is 10.0. The predicted octanol–water partition coefficient (Wildman–Crippen LogP) is 8.22. The van der Waals surface area contributed by atoms with Crippen LogP contribution in [0.5, 0.6) is 0 Å². The molecule has 2 aromatic heterocycles. The number of rotatable bonds is 7. The Balaban J connectivity index is 1.46. The lowest BCUT2D eigenvalue weighted by Crippen LogP contribution is -2.51. The first-order chi connectivity index (χ1) is 24.3. The van der Waals surface area contributed by atoms with E-state index in [1.54, 1.807) is 13.0 Å². The van der Waals surface area contributed by atoms with Gasteiger partial charge in [0, 0.05) is 40.5 Å². The molecule has 1 saturated heterocycles. The molecule has 2 atom stereocenters. The Morgan fingerprint density at radius 2 is 1.74 bits per heavy atom. The summed E-state index contributed by atoms with van der Waals surface area (Å²) in [5, 5.41) is 9.39. The number of benzene rings is 1. The van der Waals surface area contributed by atoms with Crippen LogP contribution < -0.4 is 0 Å². The van der Waals surface area contributed by atoms with Gasteiger partial charge in [0.15, 0.2) is 0 Å². The third kappa shape index (κ3) is 6.83. The summed E-state index contributed by atoms with van der Waals surface area (Å²) in [5.41, 5.74) is -4.47. The van der Waals surface area contributed by atoms with Crippen LogP contribution in [0.25, 0.3) is 21.0 Å². The molecule has 10 nitrogen and oxygen atoms in total. The van der Waals surface area contributed by atoms with Gasteiger partial charge in [-0.3, -0.25) is 4.90 Å². The number of hydrogen-bond donors (Lipinski definition) is 1. The van der Waals surface area contributed by atoms with Crippen LogP contribution in [-0.4, -0.2) is 75.2 Å². The fourth-order valence-electron chi connectivity index (χ4n) is 7.03. The van der Waals surface area contributed by atoms with Crippen LogP contribution in [0.1, 0.15) is 74.3 Å². The number of aromatic carboxylic acids is 1. The van der Waals surface area contributed by atoms with Crippen LogP contribution in [0.2, 0.25) is 0 Å². The number of aromatic nitrogens is 3. The molecule has 1 saturated carbocycles. The number of carboxylic acids is 1. The van der Waals surface area contributed by atoms with Crippen molar-refractivity contribution in [1.29, 1.82) is 0 Å². The van der Waals surface area contributed by atoms with Crippen molar-refractivity contribution in [3.63, 3.8) is 0 Å². The Bertz CT molecular complexity index is 2220. The van der Waals surface area contributed by atoms with E-state index < -0.39 is 86.0 Å². The number of carboxylic acid groups (broad SMARTS) is 1. The number of sulfone groups is 1. The maximum absolute atomic E-state index is 13.9. The van der Waals surface area contributed by atoms with Crippen molar-refractivity contribution in [3.05, 3.63) is 70.2 Å². The van der Waals surface area contributed by atoms with Crippen molar-refractivity contribution in [2.45, 2.75) is 94.5 Å². The van der Waals surface area contributed by atoms with E-state index in [1.807, 2.05) is 20.8 Å². The minimum Gasteiger partial charge on any atom is -0.478 e. The molecule has 0 bridgehead atoms. The number of hydrogen-bond acceptors (Lipinski definition) is 9. The van der Waals surface area contributed by atoms with Crippen LogP contribution in [0.4, 0.5) is 31.1 Å². The van der Waals surface area contributed by atoms with Gasteiger partial charge in [-0.1, -0.05) is 32.9 Å². The van der Waals surface area contributed by atoms with E-state index in [4.69, 9.17) is 9.72 Å². The number of aryl methyl sites for hydroxylation is 1. The zero-order valence-electron chi connectivity index (χ0n) is 29.2. The number of halogens is 6. The summed E-state index contributed by atoms with van der Waals surface area (Å²) >= 11 is 1.20. The molecule has 284 valence electrons. The van der Waals surface area contributed by atoms with Gasteiger partial charge in [0.25, 0.3) is 0 Å². The maximum Gasteiger partial charge on any atom is 0.416 e. The molecule has 1 aromatic carbocycles. The average molecular weight is 785 g/mol. The largest absolute Gasteiger partial charge is 0.478 e. The van der Waals surface area contributed by atoms with Crippen molar-refractivity contribution in [2.75, 3.05) is 6.26 Å². The summed E-state index contributed by atoms with van der Waals surface area (Å²) in [4.78, 5) is 40.4. The standard InChI is InChI=1S/C35H34F6N4O6S2/c1-17-11-18(28(46)47)7-8-22(17)27-44-26(31(2,3)4)25(52-27)23-15-42-29(53(6,49)50)43-24(23)16-45-30(48)51-32(5,33(45)9-10-33)19-12-20(34(36,37)38)14-21(13-19)35(39,40)41/h7-8,11-12,14-15,19H,9-10,13,16H2,1-6H3,(H,46,47). The lowest BCUT2D eigenvalue weighted by molar-refractivity contribution is -0.104. The molecule has 53 heavy (non-hydrogen) atoms. The summed E-state index contributed by atoms with van der Waals surface area (Å²) in [6, 6.07) is 4.57. The number of ether oxygens (including phenoxy) is 1. The minimum atomic E-state index is -5.10. The van der Waals surface area contributed by atoms with E-state index >= 15 is 0 Å². The molecule has 18 heteroatoms. The molecule has 6 rings (SSSR count). The van der Waals surface area contributed by atoms with Gasteiger partial charge in [-0.05, 0) is 56.9 Å². The first-order valence-electron chi connectivity index (χ1n) is 16.3. The van der Waals surface area contributed by atoms with Crippen LogP contribution in [-0.2, 0) is 26.5 Å². The Hall–Kier alpha value is -4.32. The predicted molar refractivity (Wildman–Crippen MR) is 181 cm³/mol. The van der Waals surface area contributed by atoms with Crippen molar-refractivity contribution in [3.8, 4) is 21.0 Å².